The topological polar surface area (TPSA) is 152 Å². The van der Waals surface area contributed by atoms with E-state index in [1.54, 1.807) is 0 Å². The molecular weight excluding hydrogens is 735 g/mol. The number of nitrogens with one attached hydrogen (secondary N) is 2. The summed E-state index contributed by atoms with van der Waals surface area (Å²) in [6.07, 6.45) is 8.04. The average molecular weight is 788 g/mol. The second kappa shape index (κ2) is 17.4. The van der Waals surface area contributed by atoms with Crippen LogP contribution < -0.4 is 16.4 Å². The predicted molar refractivity (Wildman–Crippen MR) is 225 cm³/mol. The highest BCUT2D eigenvalue weighted by Gasteiger charge is 2.51. The number of aromatic nitrogens is 3. The number of para-hydroxylation sites is 1. The third-order valence-corrected chi connectivity index (χ3v) is 13.6. The molecule has 2 aromatic carbocycles. The highest BCUT2D eigenvalue weighted by molar-refractivity contribution is 8.00. The number of hydrogen-bond donors (Lipinski definition) is 3. The van der Waals surface area contributed by atoms with E-state index < -0.39 is 5.25 Å². The molecule has 4 aliphatic rings. The summed E-state index contributed by atoms with van der Waals surface area (Å²) in [5.74, 6) is 1.90. The number of likely N-dealkylation sites (tertiary alicyclic amines) is 1. The quantitative estimate of drug-likeness (QED) is 0.0952. The molecule has 4 aromatic rings. The summed E-state index contributed by atoms with van der Waals surface area (Å²) in [6.45, 7) is 3.99. The number of amides is 3. The maximum atomic E-state index is 13.4. The van der Waals surface area contributed by atoms with Gasteiger partial charge in [0.1, 0.15) is 11.3 Å². The number of aryl methyl sites for hydroxylation is 2. The lowest BCUT2D eigenvalue weighted by atomic mass is 9.74. The molecule has 2 aromatic heterocycles. The predicted octanol–water partition coefficient (Wildman–Crippen LogP) is 6.58. The van der Waals surface area contributed by atoms with E-state index in [2.05, 4.69) is 39.2 Å². The molecule has 8 rings (SSSR count). The zero-order valence-corrected chi connectivity index (χ0v) is 33.5. The molecule has 1 saturated carbocycles. The van der Waals surface area contributed by atoms with Gasteiger partial charge in [-0.1, -0.05) is 80.1 Å². The lowest BCUT2D eigenvalue weighted by Crippen LogP contribution is -2.39. The first kappa shape index (κ1) is 39.0. The molecule has 57 heavy (non-hydrogen) atoms. The van der Waals surface area contributed by atoms with Gasteiger partial charge in [-0.2, -0.15) is 0 Å². The molecule has 2 saturated heterocycles. The number of hydrogen-bond acceptors (Lipinski definition) is 9. The van der Waals surface area contributed by atoms with Crippen LogP contribution in [0.5, 0.6) is 0 Å². The Kier molecular flexibility index (Phi) is 11.9. The van der Waals surface area contributed by atoms with Gasteiger partial charge in [0.25, 0.3) is 0 Å². The molecule has 0 spiro atoms. The number of imide groups is 1. The van der Waals surface area contributed by atoms with Gasteiger partial charge in [-0.05, 0) is 68.1 Å². The Morgan fingerprint density at radius 1 is 0.912 bits per heavy atom. The van der Waals surface area contributed by atoms with Crippen molar-refractivity contribution >= 4 is 63.0 Å². The number of thioether (sulfide) groups is 1. The Labute approximate surface area is 338 Å². The molecule has 4 atom stereocenters. The number of nitrogen functional groups attached to an aromatic ring is 1. The van der Waals surface area contributed by atoms with Crippen molar-refractivity contribution in [3.8, 4) is 0 Å². The van der Waals surface area contributed by atoms with Crippen LogP contribution in [0.25, 0.3) is 21.9 Å². The molecule has 3 amide bonds. The SMILES string of the molecule is CCCCc1nc2c(N)nc3ccccc3c2n1CCCCNC(=O)C1CCC(CN2C(=O)CC(SCC3NC4c5ccccccccc5C4C3=O)C2=O)CC1. The summed E-state index contributed by atoms with van der Waals surface area (Å²) in [4.78, 5) is 64.0. The van der Waals surface area contributed by atoms with E-state index in [0.29, 0.717) is 24.7 Å². The van der Waals surface area contributed by atoms with Crippen LogP contribution in [0.15, 0.2) is 72.8 Å². The van der Waals surface area contributed by atoms with E-state index in [4.69, 9.17) is 10.7 Å². The highest BCUT2D eigenvalue weighted by atomic mass is 32.2. The minimum absolute atomic E-state index is 0.0109. The zero-order valence-electron chi connectivity index (χ0n) is 32.7. The molecular formula is C45H53N7O4S. The number of Topliss-reactive ketones (excluding diaryl/α,β-unsaturated/α-hetero) is 1. The summed E-state index contributed by atoms with van der Waals surface area (Å²) < 4.78 is 2.31. The van der Waals surface area contributed by atoms with Crippen LogP contribution in [0.3, 0.4) is 0 Å². The lowest BCUT2D eigenvalue weighted by Gasteiger charge is -2.31. The van der Waals surface area contributed by atoms with Crippen molar-refractivity contribution < 1.29 is 19.2 Å². The number of nitrogens with zero attached hydrogens (tertiary/aromatic N) is 4. The highest BCUT2D eigenvalue weighted by Crippen LogP contribution is 2.49. The number of imidazole rings is 1. The van der Waals surface area contributed by atoms with Crippen LogP contribution >= 0.6 is 11.8 Å². The number of benzene rings is 1. The van der Waals surface area contributed by atoms with Gasteiger partial charge >= 0.3 is 0 Å². The largest absolute Gasteiger partial charge is 0.382 e. The summed E-state index contributed by atoms with van der Waals surface area (Å²) in [7, 11) is 0. The maximum Gasteiger partial charge on any atom is 0.242 e. The smallest absolute Gasteiger partial charge is 0.242 e. The van der Waals surface area contributed by atoms with E-state index in [1.807, 2.05) is 60.7 Å². The minimum atomic E-state index is -0.464. The van der Waals surface area contributed by atoms with Gasteiger partial charge in [-0.15, -0.1) is 11.8 Å². The second-order valence-electron chi connectivity index (χ2n) is 16.1. The molecule has 2 aliphatic carbocycles. The lowest BCUT2D eigenvalue weighted by molar-refractivity contribution is -0.139. The minimum Gasteiger partial charge on any atom is -0.382 e. The van der Waals surface area contributed by atoms with Gasteiger partial charge in [0.05, 0.1) is 28.2 Å². The molecule has 4 heterocycles. The molecule has 0 bridgehead atoms. The monoisotopic (exact) mass is 787 g/mol. The number of carbonyl (C=O) groups excluding carboxylic acids is 4. The molecule has 2 aliphatic heterocycles. The van der Waals surface area contributed by atoms with E-state index >= 15 is 0 Å². The van der Waals surface area contributed by atoms with E-state index in [9.17, 15) is 19.2 Å². The number of carbonyl (C=O) groups is 4. The first-order chi connectivity index (χ1) is 27.8. The van der Waals surface area contributed by atoms with Crippen LogP contribution in [0.4, 0.5) is 5.82 Å². The van der Waals surface area contributed by atoms with Gasteiger partial charge < -0.3 is 15.6 Å². The molecule has 11 nitrogen and oxygen atoms in total. The van der Waals surface area contributed by atoms with Crippen LogP contribution in [0.1, 0.15) is 93.6 Å². The van der Waals surface area contributed by atoms with Crippen molar-refractivity contribution in [1.82, 2.24) is 30.1 Å². The Balaban J connectivity index is 0.773. The maximum absolute atomic E-state index is 13.4. The van der Waals surface area contributed by atoms with E-state index in [1.165, 1.54) is 16.7 Å². The van der Waals surface area contributed by atoms with Gasteiger partial charge in [0.15, 0.2) is 11.6 Å². The van der Waals surface area contributed by atoms with E-state index in [-0.39, 0.29) is 59.8 Å². The number of ketones is 1. The summed E-state index contributed by atoms with van der Waals surface area (Å²) >= 11 is 1.42. The fraction of sp³-hybridized carbons (Fsp3) is 0.467. The van der Waals surface area contributed by atoms with Gasteiger partial charge in [-0.25, -0.2) is 9.97 Å². The number of rotatable bonds is 14. The van der Waals surface area contributed by atoms with Crippen LogP contribution in [-0.2, 0) is 32.1 Å². The van der Waals surface area contributed by atoms with Crippen LogP contribution in [-0.4, -0.2) is 73.1 Å². The normalized spacial score (nSPS) is 24.0. The standard InChI is InChI=1S/C45H53N7O4S/c1-2-3-18-36-50-40-41(32-16-10-11-17-33(32)49-43(40)46)51(36)24-13-12-23-47-44(55)29-21-19-28(20-22-29)26-52-37(53)25-35(45(52)56)57-27-34-42(54)38-30-14-8-6-4-5-7-9-15-31(30)39(38)48-34/h4-11,14-17,28-29,34-35,38-39,48H,2-3,12-13,18-27H2,1H3,(H2,46,49)(H,47,55). The Hall–Kier alpha value is -4.81. The molecule has 0 radical (unpaired) electrons. The van der Waals surface area contributed by atoms with Crippen molar-refractivity contribution in [2.24, 2.45) is 11.8 Å². The van der Waals surface area contributed by atoms with Crippen molar-refractivity contribution in [3.63, 3.8) is 0 Å². The Morgan fingerprint density at radius 3 is 2.44 bits per heavy atom. The Morgan fingerprint density at radius 2 is 1.65 bits per heavy atom. The molecule has 3 fully saturated rings. The summed E-state index contributed by atoms with van der Waals surface area (Å²) in [5, 5.41) is 7.27. The van der Waals surface area contributed by atoms with Gasteiger partial charge in [-0.3, -0.25) is 29.4 Å². The van der Waals surface area contributed by atoms with Gasteiger partial charge in [0, 0.05) is 55.6 Å². The van der Waals surface area contributed by atoms with Crippen molar-refractivity contribution in [2.75, 3.05) is 24.6 Å². The van der Waals surface area contributed by atoms with Crippen LogP contribution in [0, 0.1) is 11.8 Å². The zero-order chi connectivity index (χ0) is 39.5. The molecule has 4 unspecified atom stereocenters. The Bertz CT molecular complexity index is 2230. The van der Waals surface area contributed by atoms with Crippen molar-refractivity contribution in [2.45, 2.75) is 101 Å². The van der Waals surface area contributed by atoms with Crippen molar-refractivity contribution in [1.29, 1.82) is 0 Å². The molecule has 12 heteroatoms. The molecule has 298 valence electrons. The number of fused-ring (bicyclic) bond motifs is 7. The number of anilines is 1. The number of nitrogens with two attached hydrogens (primary N) is 1. The molecule has 4 N–H and O–H groups in total. The van der Waals surface area contributed by atoms with E-state index in [0.717, 1.165) is 103 Å². The number of unbranched alkanes of at least 4 members (excludes halogenated alkanes) is 2. The second-order valence-corrected chi connectivity index (χ2v) is 17.3. The first-order valence-corrected chi connectivity index (χ1v) is 21.9. The van der Waals surface area contributed by atoms with Crippen LogP contribution in [0.2, 0.25) is 0 Å². The number of pyridine rings is 1. The third-order valence-electron chi connectivity index (χ3n) is 12.4. The first-order valence-electron chi connectivity index (χ1n) is 20.8. The van der Waals surface area contributed by atoms with Crippen molar-refractivity contribution in [3.05, 3.63) is 89.7 Å². The third kappa shape index (κ3) is 8.03. The summed E-state index contributed by atoms with van der Waals surface area (Å²) in [5.41, 5.74) is 11.2. The average Bonchev–Trinajstić information content (AvgIpc) is 3.82. The van der Waals surface area contributed by atoms with Gasteiger partial charge in [0.2, 0.25) is 17.7 Å². The summed E-state index contributed by atoms with van der Waals surface area (Å²) in [6, 6.07) is 23.6. The fourth-order valence-corrected chi connectivity index (χ4v) is 10.4. The fourth-order valence-electron chi connectivity index (χ4n) is 9.22.